The van der Waals surface area contributed by atoms with Gasteiger partial charge in [-0.1, -0.05) is 30.7 Å². The molecule has 3 saturated heterocycles. The number of carbonyl (C=O) groups is 2. The molecule has 1 aliphatic carbocycles. The highest BCUT2D eigenvalue weighted by Gasteiger charge is 2.43. The Hall–Kier alpha value is -1.61. The number of thioether (sulfide) groups is 1. The third-order valence-corrected chi connectivity index (χ3v) is 9.50. The number of likely N-dealkylation sites (tertiary alicyclic amines) is 1. The van der Waals surface area contributed by atoms with E-state index in [-0.39, 0.29) is 23.2 Å². The summed E-state index contributed by atoms with van der Waals surface area (Å²) in [5, 5.41) is 7.04. The van der Waals surface area contributed by atoms with E-state index in [2.05, 4.69) is 28.4 Å². The Morgan fingerprint density at radius 1 is 1.15 bits per heavy atom. The van der Waals surface area contributed by atoms with Crippen LogP contribution in [-0.4, -0.2) is 53.3 Å². The van der Waals surface area contributed by atoms with E-state index in [0.29, 0.717) is 34.9 Å². The standard InChI is InChI=1S/C25H37N5O2S/c1-14-8-9-17(22(31)27-25-29-28-23(33-25)16-6-4-5-7-16)11-19(14)20-12-18-13-26-15(2)10-21(18)30(3)24(20)32/h8-9,11,15-16,18,20-21,23,25-26,28-29H,4-7,10,12-13H2,1-3H3,(H,27,31). The Bertz CT molecular complexity index is 905. The smallest absolute Gasteiger partial charge is 0.253 e. The lowest BCUT2D eigenvalue weighted by atomic mass is 9.75. The Labute approximate surface area is 201 Å². The molecule has 33 heavy (non-hydrogen) atoms. The molecular formula is C25H37N5O2S. The normalized spacial score (nSPS) is 35.0. The Balaban J connectivity index is 1.28. The van der Waals surface area contributed by atoms with Gasteiger partial charge < -0.3 is 15.5 Å². The molecule has 7 nitrogen and oxygen atoms in total. The summed E-state index contributed by atoms with van der Waals surface area (Å²) < 4.78 is 0. The number of nitrogens with one attached hydrogen (secondary N) is 4. The Kier molecular flexibility index (Phi) is 6.71. The summed E-state index contributed by atoms with van der Waals surface area (Å²) >= 11 is 1.76. The average molecular weight is 472 g/mol. The molecule has 6 unspecified atom stereocenters. The van der Waals surface area contributed by atoms with Crippen LogP contribution in [0.5, 0.6) is 0 Å². The van der Waals surface area contributed by atoms with Crippen molar-refractivity contribution in [3.05, 3.63) is 34.9 Å². The molecule has 1 aromatic rings. The van der Waals surface area contributed by atoms with Gasteiger partial charge in [0.1, 0.15) is 5.50 Å². The van der Waals surface area contributed by atoms with Crippen molar-refractivity contribution in [3.63, 3.8) is 0 Å². The van der Waals surface area contributed by atoms with Crippen molar-refractivity contribution in [2.45, 2.75) is 81.2 Å². The van der Waals surface area contributed by atoms with E-state index in [9.17, 15) is 9.59 Å². The molecule has 1 saturated carbocycles. The fraction of sp³-hybridized carbons (Fsp3) is 0.680. The van der Waals surface area contributed by atoms with Crippen molar-refractivity contribution >= 4 is 23.6 Å². The van der Waals surface area contributed by atoms with Crippen LogP contribution in [0.15, 0.2) is 18.2 Å². The number of likely N-dealkylation sites (N-methyl/N-ethyl adjacent to an activating group) is 1. The van der Waals surface area contributed by atoms with Crippen molar-refractivity contribution in [2.24, 2.45) is 11.8 Å². The minimum atomic E-state index is -0.188. The molecule has 4 aliphatic rings. The van der Waals surface area contributed by atoms with E-state index in [1.807, 2.05) is 37.1 Å². The summed E-state index contributed by atoms with van der Waals surface area (Å²) in [7, 11) is 1.95. The third kappa shape index (κ3) is 4.67. The molecule has 4 N–H and O–H groups in total. The van der Waals surface area contributed by atoms with Gasteiger partial charge in [-0.25, -0.2) is 10.9 Å². The summed E-state index contributed by atoms with van der Waals surface area (Å²) in [6, 6.07) is 6.56. The lowest BCUT2D eigenvalue weighted by Crippen LogP contribution is -2.57. The highest BCUT2D eigenvalue weighted by Crippen LogP contribution is 2.39. The lowest BCUT2D eigenvalue weighted by molar-refractivity contribution is -0.140. The first-order valence-electron chi connectivity index (χ1n) is 12.5. The second-order valence-corrected chi connectivity index (χ2v) is 11.7. The van der Waals surface area contributed by atoms with Crippen molar-refractivity contribution in [1.29, 1.82) is 0 Å². The van der Waals surface area contributed by atoms with Gasteiger partial charge in [0.05, 0.1) is 11.3 Å². The highest BCUT2D eigenvalue weighted by atomic mass is 32.2. The van der Waals surface area contributed by atoms with Crippen LogP contribution < -0.4 is 21.5 Å². The van der Waals surface area contributed by atoms with E-state index >= 15 is 0 Å². The topological polar surface area (TPSA) is 85.5 Å². The van der Waals surface area contributed by atoms with Crippen molar-refractivity contribution < 1.29 is 9.59 Å². The number of hydrogen-bond acceptors (Lipinski definition) is 6. The molecule has 0 radical (unpaired) electrons. The number of piperidine rings is 2. The van der Waals surface area contributed by atoms with Gasteiger partial charge in [0.25, 0.3) is 5.91 Å². The molecule has 6 atom stereocenters. The molecule has 1 aromatic carbocycles. The largest absolute Gasteiger partial charge is 0.342 e. The second-order valence-electron chi connectivity index (χ2n) is 10.4. The molecule has 0 spiro atoms. The number of aryl methyl sites for hydroxylation is 1. The Morgan fingerprint density at radius 3 is 2.73 bits per heavy atom. The van der Waals surface area contributed by atoms with E-state index < -0.39 is 0 Å². The second kappa shape index (κ2) is 9.56. The van der Waals surface area contributed by atoms with Gasteiger partial charge in [0, 0.05) is 31.2 Å². The van der Waals surface area contributed by atoms with E-state index in [0.717, 1.165) is 30.5 Å². The van der Waals surface area contributed by atoms with Crippen LogP contribution in [0.4, 0.5) is 0 Å². The summed E-state index contributed by atoms with van der Waals surface area (Å²) in [4.78, 5) is 28.4. The van der Waals surface area contributed by atoms with E-state index in [1.54, 1.807) is 11.8 Å². The van der Waals surface area contributed by atoms with Crippen molar-refractivity contribution in [3.8, 4) is 0 Å². The molecule has 5 rings (SSSR count). The van der Waals surface area contributed by atoms with Crippen LogP contribution in [0.3, 0.4) is 0 Å². The molecule has 2 amide bonds. The first-order chi connectivity index (χ1) is 15.9. The first kappa shape index (κ1) is 23.1. The number of benzene rings is 1. The number of nitrogens with zero attached hydrogens (tertiary/aromatic N) is 1. The zero-order valence-electron chi connectivity index (χ0n) is 19.9. The molecule has 4 fully saturated rings. The number of hydrogen-bond donors (Lipinski definition) is 4. The highest BCUT2D eigenvalue weighted by molar-refractivity contribution is 8.00. The maximum Gasteiger partial charge on any atom is 0.253 e. The fourth-order valence-electron chi connectivity index (χ4n) is 6.21. The predicted molar refractivity (Wildman–Crippen MR) is 132 cm³/mol. The van der Waals surface area contributed by atoms with E-state index in [4.69, 9.17) is 0 Å². The summed E-state index contributed by atoms with van der Waals surface area (Å²) in [5.74, 6) is 1.02. The third-order valence-electron chi connectivity index (χ3n) is 8.20. The zero-order valence-corrected chi connectivity index (χ0v) is 20.7. The van der Waals surface area contributed by atoms with Crippen LogP contribution in [0.25, 0.3) is 0 Å². The predicted octanol–water partition coefficient (Wildman–Crippen LogP) is 2.68. The van der Waals surface area contributed by atoms with Gasteiger partial charge in [-0.3, -0.25) is 9.59 Å². The quantitative estimate of drug-likeness (QED) is 0.540. The molecular weight excluding hydrogens is 434 g/mol. The molecule has 3 heterocycles. The van der Waals surface area contributed by atoms with Crippen LogP contribution in [-0.2, 0) is 4.79 Å². The number of carbonyl (C=O) groups excluding carboxylic acids is 2. The summed E-state index contributed by atoms with van der Waals surface area (Å²) in [5.41, 5.74) is 9.13. The van der Waals surface area contributed by atoms with Crippen LogP contribution in [0.2, 0.25) is 0 Å². The number of amides is 2. The van der Waals surface area contributed by atoms with Crippen LogP contribution in [0.1, 0.15) is 72.9 Å². The maximum atomic E-state index is 13.3. The van der Waals surface area contributed by atoms with Gasteiger partial charge in [-0.05, 0) is 74.6 Å². The van der Waals surface area contributed by atoms with Gasteiger partial charge in [-0.15, -0.1) is 0 Å². The average Bonchev–Trinajstić information content (AvgIpc) is 3.49. The SMILES string of the molecule is Cc1ccc(C(=O)NC2NNC(C3CCCC3)S2)cc1C1CC2CNC(C)CC2N(C)C1=O. The van der Waals surface area contributed by atoms with Gasteiger partial charge in [-0.2, -0.15) is 0 Å². The number of fused-ring (bicyclic) bond motifs is 1. The molecule has 3 aliphatic heterocycles. The monoisotopic (exact) mass is 471 g/mol. The van der Waals surface area contributed by atoms with Crippen LogP contribution >= 0.6 is 11.8 Å². The Morgan fingerprint density at radius 2 is 1.94 bits per heavy atom. The minimum absolute atomic E-state index is 0.0993. The fourth-order valence-corrected chi connectivity index (χ4v) is 7.44. The van der Waals surface area contributed by atoms with Gasteiger partial charge in [0.2, 0.25) is 5.91 Å². The van der Waals surface area contributed by atoms with E-state index in [1.165, 1.54) is 25.7 Å². The molecule has 0 bridgehead atoms. The molecule has 8 heteroatoms. The summed E-state index contributed by atoms with van der Waals surface area (Å²) in [6.45, 7) is 5.18. The number of hydrazine groups is 1. The van der Waals surface area contributed by atoms with Crippen molar-refractivity contribution in [2.75, 3.05) is 13.6 Å². The lowest BCUT2D eigenvalue weighted by Gasteiger charge is -2.47. The zero-order chi connectivity index (χ0) is 23.1. The maximum absolute atomic E-state index is 13.3. The van der Waals surface area contributed by atoms with Crippen molar-refractivity contribution in [1.82, 2.24) is 26.4 Å². The first-order valence-corrected chi connectivity index (χ1v) is 13.4. The number of rotatable bonds is 4. The van der Waals surface area contributed by atoms with Gasteiger partial charge in [0.15, 0.2) is 0 Å². The molecule has 0 aromatic heterocycles. The van der Waals surface area contributed by atoms with Crippen LogP contribution in [0, 0.1) is 18.8 Å². The minimum Gasteiger partial charge on any atom is -0.342 e. The van der Waals surface area contributed by atoms with Gasteiger partial charge >= 0.3 is 0 Å². The summed E-state index contributed by atoms with van der Waals surface area (Å²) in [6.07, 6.45) is 6.97. The molecule has 180 valence electrons.